The molecule has 0 spiro atoms. The molecule has 2 aromatic rings. The molecular weight excluding hydrogens is 294 g/mol. The van der Waals surface area contributed by atoms with Crippen LogP contribution in [0.5, 0.6) is 5.75 Å². The molecule has 2 aromatic carbocycles. The van der Waals surface area contributed by atoms with Crippen LogP contribution in [-0.2, 0) is 4.79 Å². The van der Waals surface area contributed by atoms with Gasteiger partial charge in [-0.3, -0.25) is 4.79 Å². The first-order chi connectivity index (χ1) is 10.9. The van der Waals surface area contributed by atoms with Gasteiger partial charge in [-0.15, -0.1) is 0 Å². The summed E-state index contributed by atoms with van der Waals surface area (Å²) >= 11 is 0. The first kappa shape index (κ1) is 16.5. The molecule has 0 heterocycles. The van der Waals surface area contributed by atoms with E-state index < -0.39 is 11.9 Å². The number of amides is 1. The van der Waals surface area contributed by atoms with Crippen LogP contribution >= 0.6 is 0 Å². The highest BCUT2D eigenvalue weighted by molar-refractivity contribution is 6.00. The van der Waals surface area contributed by atoms with E-state index in [4.69, 9.17) is 4.74 Å². The van der Waals surface area contributed by atoms with Gasteiger partial charge in [0.25, 0.3) is 5.91 Å². The van der Waals surface area contributed by atoms with Crippen LogP contribution in [0.15, 0.2) is 36.4 Å². The van der Waals surface area contributed by atoms with Crippen molar-refractivity contribution in [3.63, 3.8) is 0 Å². The summed E-state index contributed by atoms with van der Waals surface area (Å²) in [6.45, 7) is 5.51. The van der Waals surface area contributed by atoms with Crippen LogP contribution < -0.4 is 15.2 Å². The fraction of sp³-hybridized carbons (Fsp3) is 0.222. The summed E-state index contributed by atoms with van der Waals surface area (Å²) in [6, 6.07) is 10.3. The van der Waals surface area contributed by atoms with Crippen LogP contribution in [0, 0.1) is 20.8 Å². The molecule has 0 aliphatic rings. The third-order valence-electron chi connectivity index (χ3n) is 3.52. The predicted molar refractivity (Wildman–Crippen MR) is 85.6 cm³/mol. The van der Waals surface area contributed by atoms with Gasteiger partial charge in [-0.25, -0.2) is 0 Å². The summed E-state index contributed by atoms with van der Waals surface area (Å²) in [7, 11) is 0. The zero-order valence-corrected chi connectivity index (χ0v) is 13.3. The van der Waals surface area contributed by atoms with Crippen LogP contribution in [0.4, 0.5) is 5.69 Å². The molecule has 1 N–H and O–H groups in total. The quantitative estimate of drug-likeness (QED) is 0.916. The van der Waals surface area contributed by atoms with Crippen molar-refractivity contribution in [1.82, 2.24) is 0 Å². The van der Waals surface area contributed by atoms with E-state index in [0.717, 1.165) is 16.7 Å². The molecule has 0 aliphatic carbocycles. The van der Waals surface area contributed by atoms with E-state index in [2.05, 4.69) is 5.32 Å². The molecule has 0 bridgehead atoms. The Bertz CT molecular complexity index is 753. The number of carboxylic acid groups (broad SMARTS) is 1. The molecule has 120 valence electrons. The number of carbonyl (C=O) groups is 2. The number of hydrogen-bond acceptors (Lipinski definition) is 4. The number of rotatable bonds is 5. The van der Waals surface area contributed by atoms with Crippen molar-refractivity contribution in [3.8, 4) is 5.75 Å². The van der Waals surface area contributed by atoms with Gasteiger partial charge in [-0.1, -0.05) is 17.7 Å². The Balaban J connectivity index is 2.02. The van der Waals surface area contributed by atoms with E-state index in [1.165, 1.54) is 12.1 Å². The number of hydrogen-bond donors (Lipinski definition) is 1. The average Bonchev–Trinajstić information content (AvgIpc) is 2.50. The number of aromatic carboxylic acids is 1. The zero-order valence-electron chi connectivity index (χ0n) is 13.3. The van der Waals surface area contributed by atoms with Gasteiger partial charge in [-0.05, 0) is 56.2 Å². The van der Waals surface area contributed by atoms with Gasteiger partial charge in [0.2, 0.25) is 0 Å². The van der Waals surface area contributed by atoms with Gasteiger partial charge in [0.15, 0.2) is 6.61 Å². The molecule has 0 unspecified atom stereocenters. The van der Waals surface area contributed by atoms with Crippen molar-refractivity contribution in [2.45, 2.75) is 20.8 Å². The van der Waals surface area contributed by atoms with E-state index >= 15 is 0 Å². The largest absolute Gasteiger partial charge is 0.545 e. The second kappa shape index (κ2) is 6.96. The average molecular weight is 312 g/mol. The molecule has 0 radical (unpaired) electrons. The van der Waals surface area contributed by atoms with Crippen molar-refractivity contribution in [1.29, 1.82) is 0 Å². The number of aryl methyl sites for hydroxylation is 3. The summed E-state index contributed by atoms with van der Waals surface area (Å²) in [6.07, 6.45) is 0. The first-order valence-electron chi connectivity index (χ1n) is 7.18. The van der Waals surface area contributed by atoms with Crippen molar-refractivity contribution in [2.75, 3.05) is 11.9 Å². The second-order valence-corrected chi connectivity index (χ2v) is 5.42. The van der Waals surface area contributed by atoms with E-state index in [0.29, 0.717) is 5.75 Å². The van der Waals surface area contributed by atoms with Crippen LogP contribution in [0.1, 0.15) is 27.0 Å². The number of benzene rings is 2. The molecule has 0 fully saturated rings. The molecule has 5 heteroatoms. The Kier molecular flexibility index (Phi) is 5.01. The highest BCUT2D eigenvalue weighted by Gasteiger charge is 2.09. The Morgan fingerprint density at radius 1 is 1.04 bits per heavy atom. The van der Waals surface area contributed by atoms with E-state index in [1.54, 1.807) is 19.1 Å². The Labute approximate surface area is 134 Å². The van der Waals surface area contributed by atoms with Crippen LogP contribution in [0.3, 0.4) is 0 Å². The normalized spacial score (nSPS) is 10.2. The second-order valence-electron chi connectivity index (χ2n) is 5.42. The molecule has 0 aliphatic heterocycles. The smallest absolute Gasteiger partial charge is 0.262 e. The monoisotopic (exact) mass is 312 g/mol. The van der Waals surface area contributed by atoms with Crippen molar-refractivity contribution < 1.29 is 19.4 Å². The summed E-state index contributed by atoms with van der Waals surface area (Å²) in [5.41, 5.74) is 3.13. The van der Waals surface area contributed by atoms with E-state index in [9.17, 15) is 14.7 Å². The summed E-state index contributed by atoms with van der Waals surface area (Å²) in [5, 5.41) is 13.6. The summed E-state index contributed by atoms with van der Waals surface area (Å²) in [5.74, 6) is -1.18. The Hall–Kier alpha value is -2.82. The lowest BCUT2D eigenvalue weighted by molar-refractivity contribution is -0.254. The lowest BCUT2D eigenvalue weighted by Gasteiger charge is -2.13. The van der Waals surface area contributed by atoms with Gasteiger partial charge in [0.05, 0.1) is 5.97 Å². The molecule has 0 atom stereocenters. The maximum absolute atomic E-state index is 11.9. The molecule has 0 saturated heterocycles. The van der Waals surface area contributed by atoms with Crippen LogP contribution in [-0.4, -0.2) is 18.5 Å². The topological polar surface area (TPSA) is 78.5 Å². The van der Waals surface area contributed by atoms with Crippen molar-refractivity contribution in [2.24, 2.45) is 0 Å². The van der Waals surface area contributed by atoms with E-state index in [-0.39, 0.29) is 17.9 Å². The highest BCUT2D eigenvalue weighted by atomic mass is 16.5. The lowest BCUT2D eigenvalue weighted by atomic mass is 10.1. The van der Waals surface area contributed by atoms with Gasteiger partial charge in [0, 0.05) is 11.3 Å². The minimum Gasteiger partial charge on any atom is -0.545 e. The standard InChI is InChI=1S/C18H19NO4/c1-11-4-7-16(15(8-11)18(21)22)19-17(20)10-23-14-6-5-12(2)13(3)9-14/h4-9H,10H2,1-3H3,(H,19,20)(H,21,22)/p-1. The molecule has 0 saturated carbocycles. The third kappa shape index (κ3) is 4.32. The van der Waals surface area contributed by atoms with E-state index in [1.807, 2.05) is 26.0 Å². The molecule has 0 aromatic heterocycles. The fourth-order valence-electron chi connectivity index (χ4n) is 2.07. The highest BCUT2D eigenvalue weighted by Crippen LogP contribution is 2.18. The molecule has 23 heavy (non-hydrogen) atoms. The number of nitrogens with one attached hydrogen (secondary N) is 1. The van der Waals surface area contributed by atoms with Gasteiger partial charge < -0.3 is 20.0 Å². The number of anilines is 1. The maximum Gasteiger partial charge on any atom is 0.262 e. The first-order valence-corrected chi connectivity index (χ1v) is 7.18. The molecule has 5 nitrogen and oxygen atoms in total. The third-order valence-corrected chi connectivity index (χ3v) is 3.52. The minimum absolute atomic E-state index is 0.0514. The molecular formula is C18H18NO4-. The van der Waals surface area contributed by atoms with Crippen molar-refractivity contribution in [3.05, 3.63) is 58.7 Å². The van der Waals surface area contributed by atoms with Gasteiger partial charge >= 0.3 is 0 Å². The number of ether oxygens (including phenoxy) is 1. The predicted octanol–water partition coefficient (Wildman–Crippen LogP) is 1.99. The maximum atomic E-state index is 11.9. The van der Waals surface area contributed by atoms with Crippen LogP contribution in [0.25, 0.3) is 0 Å². The molecule has 1 amide bonds. The summed E-state index contributed by atoms with van der Waals surface area (Å²) < 4.78 is 5.42. The summed E-state index contributed by atoms with van der Waals surface area (Å²) in [4.78, 5) is 23.1. The number of carbonyl (C=O) groups excluding carboxylic acids is 2. The van der Waals surface area contributed by atoms with Gasteiger partial charge in [-0.2, -0.15) is 0 Å². The Morgan fingerprint density at radius 2 is 1.78 bits per heavy atom. The van der Waals surface area contributed by atoms with Crippen LogP contribution in [0.2, 0.25) is 0 Å². The fourth-order valence-corrected chi connectivity index (χ4v) is 2.07. The minimum atomic E-state index is -1.33. The number of carboxylic acids is 1. The van der Waals surface area contributed by atoms with Crippen molar-refractivity contribution >= 4 is 17.6 Å². The Morgan fingerprint density at radius 3 is 2.43 bits per heavy atom. The molecule has 2 rings (SSSR count). The lowest BCUT2D eigenvalue weighted by Crippen LogP contribution is -2.26. The zero-order chi connectivity index (χ0) is 17.0. The SMILES string of the molecule is Cc1ccc(NC(=O)COc2ccc(C)c(C)c2)c(C(=O)[O-])c1. The van der Waals surface area contributed by atoms with Gasteiger partial charge in [0.1, 0.15) is 5.75 Å².